The number of benzene rings is 3. The predicted molar refractivity (Wildman–Crippen MR) is 167 cm³/mol. The fraction of sp³-hybridized carbons (Fsp3) is 0.114. The molecule has 0 amide bonds. The van der Waals surface area contributed by atoms with E-state index in [0.29, 0.717) is 10.9 Å². The SMILES string of the molecule is Cc1cccc(C)c1N1C(=C/C=c2/cncc3c2=NC=CC3=O)N(c2c(C)cccc2C)c2nc3ccccc3nc21. The van der Waals surface area contributed by atoms with Gasteiger partial charge in [-0.3, -0.25) is 24.6 Å². The van der Waals surface area contributed by atoms with Crippen molar-refractivity contribution in [1.82, 2.24) is 15.0 Å². The second-order valence-corrected chi connectivity index (χ2v) is 10.6. The number of ketones is 1. The molecule has 0 bridgehead atoms. The first-order chi connectivity index (χ1) is 20.4. The number of carbonyl (C=O) groups excluding carboxylic acids is 1. The van der Waals surface area contributed by atoms with Crippen molar-refractivity contribution in [2.75, 3.05) is 9.80 Å². The molecule has 204 valence electrons. The Hall–Kier alpha value is -5.43. The van der Waals surface area contributed by atoms with Gasteiger partial charge in [0.1, 0.15) is 5.82 Å². The summed E-state index contributed by atoms with van der Waals surface area (Å²) in [5.41, 5.74) is 8.72. The van der Waals surface area contributed by atoms with E-state index in [-0.39, 0.29) is 5.78 Å². The molecule has 0 saturated carbocycles. The molecule has 3 aromatic carbocycles. The maximum absolute atomic E-state index is 12.5. The lowest BCUT2D eigenvalue weighted by Crippen LogP contribution is -2.32. The largest absolute Gasteiger partial charge is 0.289 e. The van der Waals surface area contributed by atoms with Gasteiger partial charge >= 0.3 is 0 Å². The molecule has 7 nitrogen and oxygen atoms in total. The first-order valence-corrected chi connectivity index (χ1v) is 13.9. The lowest BCUT2D eigenvalue weighted by molar-refractivity contribution is 0.104. The van der Waals surface area contributed by atoms with Crippen LogP contribution in [0.5, 0.6) is 0 Å². The van der Waals surface area contributed by atoms with Gasteiger partial charge in [-0.1, -0.05) is 48.5 Å². The molecule has 42 heavy (non-hydrogen) atoms. The Balaban J connectivity index is 1.59. The van der Waals surface area contributed by atoms with Crippen LogP contribution in [0, 0.1) is 27.7 Å². The molecule has 0 atom stereocenters. The number of hydrogen-bond acceptors (Lipinski definition) is 7. The Labute approximate surface area is 243 Å². The Bertz CT molecular complexity index is 1990. The van der Waals surface area contributed by atoms with E-state index in [1.807, 2.05) is 30.3 Å². The number of allylic oxidation sites excluding steroid dienone is 2. The smallest absolute Gasteiger partial charge is 0.191 e. The number of pyridine rings is 1. The molecule has 2 aliphatic rings. The van der Waals surface area contributed by atoms with Gasteiger partial charge in [0, 0.05) is 29.9 Å². The van der Waals surface area contributed by atoms with Crippen LogP contribution in [0.2, 0.25) is 0 Å². The van der Waals surface area contributed by atoms with Crippen molar-refractivity contribution < 1.29 is 4.79 Å². The third kappa shape index (κ3) is 4.01. The number of fused-ring (bicyclic) bond motifs is 3. The van der Waals surface area contributed by atoms with Gasteiger partial charge in [0.2, 0.25) is 0 Å². The highest BCUT2D eigenvalue weighted by Gasteiger charge is 2.38. The van der Waals surface area contributed by atoms with Crippen molar-refractivity contribution >= 4 is 45.9 Å². The zero-order chi connectivity index (χ0) is 29.0. The zero-order valence-corrected chi connectivity index (χ0v) is 23.8. The Morgan fingerprint density at radius 2 is 1.21 bits per heavy atom. The third-order valence-corrected chi connectivity index (χ3v) is 7.80. The molecule has 4 heterocycles. The molecule has 7 rings (SSSR count). The summed E-state index contributed by atoms with van der Waals surface area (Å²) in [6.07, 6.45) is 10.4. The second-order valence-electron chi connectivity index (χ2n) is 10.6. The van der Waals surface area contributed by atoms with Crippen molar-refractivity contribution in [2.45, 2.75) is 27.7 Å². The number of carbonyl (C=O) groups is 1. The minimum absolute atomic E-state index is 0.0990. The molecule has 0 saturated heterocycles. The fourth-order valence-corrected chi connectivity index (χ4v) is 5.85. The van der Waals surface area contributed by atoms with E-state index in [1.165, 1.54) is 6.08 Å². The van der Waals surface area contributed by atoms with Crippen molar-refractivity contribution in [2.24, 2.45) is 4.99 Å². The number of hydrogen-bond donors (Lipinski definition) is 0. The molecule has 2 aliphatic heterocycles. The monoisotopic (exact) mass is 548 g/mol. The summed E-state index contributed by atoms with van der Waals surface area (Å²) in [4.78, 5) is 36.2. The van der Waals surface area contributed by atoms with Gasteiger partial charge in [-0.2, -0.15) is 0 Å². The molecule has 0 N–H and O–H groups in total. The van der Waals surface area contributed by atoms with Crippen LogP contribution in [0.3, 0.4) is 0 Å². The van der Waals surface area contributed by atoms with Crippen molar-refractivity contribution in [3.8, 4) is 0 Å². The Morgan fingerprint density at radius 3 is 1.76 bits per heavy atom. The normalized spacial score (nSPS) is 14.3. The summed E-state index contributed by atoms with van der Waals surface area (Å²) in [5, 5.41) is 1.37. The quantitative estimate of drug-likeness (QED) is 0.267. The predicted octanol–water partition coefficient (Wildman–Crippen LogP) is 6.20. The van der Waals surface area contributed by atoms with Gasteiger partial charge in [-0.05, 0) is 74.2 Å². The summed E-state index contributed by atoms with van der Waals surface area (Å²) in [6, 6.07) is 20.6. The highest BCUT2D eigenvalue weighted by Crippen LogP contribution is 2.51. The maximum atomic E-state index is 12.5. The van der Waals surface area contributed by atoms with Crippen LogP contribution in [-0.2, 0) is 0 Å². The van der Waals surface area contributed by atoms with Crippen molar-refractivity contribution in [3.05, 3.63) is 136 Å². The molecule has 5 aromatic rings. The molecule has 0 aliphatic carbocycles. The third-order valence-electron chi connectivity index (χ3n) is 7.80. The molecular weight excluding hydrogens is 520 g/mol. The first kappa shape index (κ1) is 25.5. The van der Waals surface area contributed by atoms with E-state index in [1.54, 1.807) is 18.6 Å². The number of aryl methyl sites for hydroxylation is 4. The van der Waals surface area contributed by atoms with E-state index in [9.17, 15) is 4.79 Å². The molecule has 0 spiro atoms. The highest BCUT2D eigenvalue weighted by atomic mass is 16.1. The second kappa shape index (κ2) is 9.89. The van der Waals surface area contributed by atoms with E-state index in [4.69, 9.17) is 9.97 Å². The Kier molecular flexibility index (Phi) is 6.01. The van der Waals surface area contributed by atoms with Gasteiger partial charge < -0.3 is 0 Å². The number of anilines is 4. The van der Waals surface area contributed by atoms with Crippen LogP contribution in [0.4, 0.5) is 23.0 Å². The fourth-order valence-electron chi connectivity index (χ4n) is 5.85. The molecule has 7 heteroatoms. The molecule has 0 radical (unpaired) electrons. The summed E-state index contributed by atoms with van der Waals surface area (Å²) in [6.45, 7) is 8.48. The molecule has 2 aromatic heterocycles. The first-order valence-electron chi connectivity index (χ1n) is 13.9. The van der Waals surface area contributed by atoms with Gasteiger partial charge in [0.25, 0.3) is 0 Å². The number of para-hydroxylation sites is 4. The van der Waals surface area contributed by atoms with E-state index in [0.717, 1.165) is 67.3 Å². The molecule has 0 fully saturated rings. The maximum Gasteiger partial charge on any atom is 0.191 e. The van der Waals surface area contributed by atoms with Crippen molar-refractivity contribution in [3.63, 3.8) is 0 Å². The van der Waals surface area contributed by atoms with Crippen LogP contribution in [-0.4, -0.2) is 20.7 Å². The van der Waals surface area contributed by atoms with Gasteiger partial charge in [-0.15, -0.1) is 0 Å². The van der Waals surface area contributed by atoms with Gasteiger partial charge in [-0.25, -0.2) is 9.97 Å². The highest BCUT2D eigenvalue weighted by molar-refractivity contribution is 6.04. The van der Waals surface area contributed by atoms with Crippen LogP contribution in [0.25, 0.3) is 17.1 Å². The summed E-state index contributed by atoms with van der Waals surface area (Å²) < 4.78 is 0. The summed E-state index contributed by atoms with van der Waals surface area (Å²) in [7, 11) is 0. The lowest BCUT2D eigenvalue weighted by Gasteiger charge is -2.28. The minimum Gasteiger partial charge on any atom is -0.289 e. The zero-order valence-electron chi connectivity index (χ0n) is 23.8. The van der Waals surface area contributed by atoms with E-state index >= 15 is 0 Å². The standard InChI is InChI=1S/C35H28N6O/c1-21-9-7-10-22(2)32(21)40-30(16-15-25-19-36-20-26-29(42)17-18-37-31(25)26)41(33-23(3)11-8-12-24(33)4)35-34(40)38-27-13-5-6-14-28(27)39-35/h5-20H,1-4H3/b25-15-. The van der Waals surface area contributed by atoms with Gasteiger partial charge in [0.15, 0.2) is 17.4 Å². The number of nitrogens with zero attached hydrogens (tertiary/aromatic N) is 6. The van der Waals surface area contributed by atoms with Crippen LogP contribution < -0.4 is 20.4 Å². The summed E-state index contributed by atoms with van der Waals surface area (Å²) >= 11 is 0. The van der Waals surface area contributed by atoms with Crippen molar-refractivity contribution in [1.29, 1.82) is 0 Å². The minimum atomic E-state index is -0.0990. The Morgan fingerprint density at radius 1 is 0.667 bits per heavy atom. The number of aromatic nitrogens is 3. The average molecular weight is 549 g/mol. The molecular formula is C35H28N6O. The van der Waals surface area contributed by atoms with Crippen LogP contribution in [0.15, 0.2) is 102 Å². The van der Waals surface area contributed by atoms with E-state index in [2.05, 4.69) is 89.9 Å². The average Bonchev–Trinajstić information content (AvgIpc) is 3.27. The van der Waals surface area contributed by atoms with Crippen LogP contribution in [0.1, 0.15) is 32.6 Å². The topological polar surface area (TPSA) is 74.6 Å². The summed E-state index contributed by atoms with van der Waals surface area (Å²) in [5.74, 6) is 2.28. The lowest BCUT2D eigenvalue weighted by atomic mass is 10.1. The van der Waals surface area contributed by atoms with Gasteiger partial charge in [0.05, 0.1) is 33.3 Å². The number of rotatable bonds is 3. The molecule has 0 unspecified atom stereocenters. The van der Waals surface area contributed by atoms with Crippen LogP contribution >= 0.6 is 0 Å². The van der Waals surface area contributed by atoms with E-state index < -0.39 is 0 Å².